The highest BCUT2D eigenvalue weighted by Crippen LogP contribution is 2.23. The van der Waals surface area contributed by atoms with Gasteiger partial charge in [-0.25, -0.2) is 0 Å². The van der Waals surface area contributed by atoms with E-state index in [0.717, 1.165) is 0 Å². The molecule has 0 fully saturated rings. The van der Waals surface area contributed by atoms with E-state index in [9.17, 15) is 9.90 Å². The van der Waals surface area contributed by atoms with Gasteiger partial charge in [0.05, 0.1) is 12.1 Å². The second-order valence-electron chi connectivity index (χ2n) is 4.13. The molecule has 0 bridgehead atoms. The zero-order chi connectivity index (χ0) is 12.3. The largest absolute Gasteiger partial charge is 0.508 e. The molecule has 4 nitrogen and oxygen atoms in total. The molecule has 0 unspecified atom stereocenters. The van der Waals surface area contributed by atoms with E-state index in [1.54, 1.807) is 0 Å². The van der Waals surface area contributed by atoms with Crippen LogP contribution in [-0.2, 0) is 0 Å². The first-order valence-corrected chi connectivity index (χ1v) is 5.17. The number of Topliss-reactive ketones (excluding diaryl/α,β-unsaturated/α-hetero) is 1. The highest BCUT2D eigenvalue weighted by atomic mass is 16.3. The summed E-state index contributed by atoms with van der Waals surface area (Å²) < 4.78 is 0. The summed E-state index contributed by atoms with van der Waals surface area (Å²) in [5.74, 6) is -0.387. The van der Waals surface area contributed by atoms with Crippen LogP contribution in [0, 0.1) is 0 Å². The molecule has 0 aromatic heterocycles. The molecule has 0 spiro atoms. The van der Waals surface area contributed by atoms with Crippen LogP contribution in [0.5, 0.6) is 11.5 Å². The highest BCUT2D eigenvalue weighted by molar-refractivity contribution is 6.00. The SMILES string of the molecule is CC(C)N(C)CC(=O)c1ccc(O)cc1O. The zero-order valence-electron chi connectivity index (χ0n) is 9.77. The normalized spacial score (nSPS) is 11.1. The lowest BCUT2D eigenvalue weighted by molar-refractivity contribution is 0.0927. The molecular formula is C12H17NO3. The number of hydrogen-bond acceptors (Lipinski definition) is 4. The molecule has 0 heterocycles. The average Bonchev–Trinajstić information content (AvgIpc) is 2.16. The van der Waals surface area contributed by atoms with Gasteiger partial charge in [-0.05, 0) is 33.0 Å². The summed E-state index contributed by atoms with van der Waals surface area (Å²) in [7, 11) is 1.85. The van der Waals surface area contributed by atoms with E-state index in [1.165, 1.54) is 18.2 Å². The number of phenolic OH excluding ortho intramolecular Hbond substituents is 2. The molecule has 0 aliphatic carbocycles. The summed E-state index contributed by atoms with van der Waals surface area (Å²) in [6.45, 7) is 4.23. The Labute approximate surface area is 95.1 Å². The number of carbonyl (C=O) groups excluding carboxylic acids is 1. The van der Waals surface area contributed by atoms with Gasteiger partial charge in [-0.15, -0.1) is 0 Å². The van der Waals surface area contributed by atoms with Crippen molar-refractivity contribution >= 4 is 5.78 Å². The van der Waals surface area contributed by atoms with E-state index in [2.05, 4.69) is 0 Å². The number of rotatable bonds is 4. The van der Waals surface area contributed by atoms with Crippen LogP contribution in [0.15, 0.2) is 18.2 Å². The first kappa shape index (κ1) is 12.5. The molecule has 16 heavy (non-hydrogen) atoms. The first-order chi connectivity index (χ1) is 7.41. The molecule has 0 saturated carbocycles. The van der Waals surface area contributed by atoms with Gasteiger partial charge in [0.25, 0.3) is 0 Å². The van der Waals surface area contributed by atoms with Gasteiger partial charge >= 0.3 is 0 Å². The van der Waals surface area contributed by atoms with Crippen LogP contribution in [0.2, 0.25) is 0 Å². The summed E-state index contributed by atoms with van der Waals surface area (Å²) in [4.78, 5) is 13.7. The van der Waals surface area contributed by atoms with Crippen molar-refractivity contribution < 1.29 is 15.0 Å². The second-order valence-corrected chi connectivity index (χ2v) is 4.13. The van der Waals surface area contributed by atoms with Crippen LogP contribution < -0.4 is 0 Å². The number of likely N-dealkylation sites (N-methyl/N-ethyl adjacent to an activating group) is 1. The van der Waals surface area contributed by atoms with E-state index < -0.39 is 0 Å². The lowest BCUT2D eigenvalue weighted by Crippen LogP contribution is -2.31. The molecule has 4 heteroatoms. The Morgan fingerprint density at radius 1 is 1.38 bits per heavy atom. The van der Waals surface area contributed by atoms with Gasteiger partial charge in [0, 0.05) is 12.1 Å². The summed E-state index contributed by atoms with van der Waals surface area (Å²) in [5, 5.41) is 18.6. The maximum absolute atomic E-state index is 11.8. The summed E-state index contributed by atoms with van der Waals surface area (Å²) in [6, 6.07) is 4.26. The van der Waals surface area contributed by atoms with Crippen molar-refractivity contribution in [3.63, 3.8) is 0 Å². The molecule has 0 atom stereocenters. The number of nitrogens with zero attached hydrogens (tertiary/aromatic N) is 1. The van der Waals surface area contributed by atoms with Crippen molar-refractivity contribution in [2.45, 2.75) is 19.9 Å². The van der Waals surface area contributed by atoms with Crippen LogP contribution in [0.3, 0.4) is 0 Å². The van der Waals surface area contributed by atoms with E-state index >= 15 is 0 Å². The molecule has 0 amide bonds. The molecule has 2 N–H and O–H groups in total. The predicted octanol–water partition coefficient (Wildman–Crippen LogP) is 1.62. The van der Waals surface area contributed by atoms with Crippen LogP contribution in [-0.4, -0.2) is 40.5 Å². The minimum atomic E-state index is -0.179. The van der Waals surface area contributed by atoms with E-state index in [1.807, 2.05) is 25.8 Å². The molecule has 1 aromatic rings. The Morgan fingerprint density at radius 3 is 2.50 bits per heavy atom. The van der Waals surface area contributed by atoms with Crippen molar-refractivity contribution in [3.05, 3.63) is 23.8 Å². The van der Waals surface area contributed by atoms with Crippen molar-refractivity contribution in [1.82, 2.24) is 4.90 Å². The smallest absolute Gasteiger partial charge is 0.180 e. The van der Waals surface area contributed by atoms with Crippen molar-refractivity contribution in [1.29, 1.82) is 0 Å². The lowest BCUT2D eigenvalue weighted by atomic mass is 10.1. The topological polar surface area (TPSA) is 60.8 Å². The fourth-order valence-corrected chi connectivity index (χ4v) is 1.25. The van der Waals surface area contributed by atoms with E-state index in [4.69, 9.17) is 5.11 Å². The highest BCUT2D eigenvalue weighted by Gasteiger charge is 2.15. The third-order valence-electron chi connectivity index (χ3n) is 2.56. The van der Waals surface area contributed by atoms with Gasteiger partial charge in [-0.2, -0.15) is 0 Å². The second kappa shape index (κ2) is 4.99. The van der Waals surface area contributed by atoms with Crippen LogP contribution >= 0.6 is 0 Å². The quantitative estimate of drug-likeness (QED) is 0.761. The average molecular weight is 223 g/mol. The minimum Gasteiger partial charge on any atom is -0.508 e. The third kappa shape index (κ3) is 2.97. The standard InChI is InChI=1S/C12H17NO3/c1-8(2)13(3)7-12(16)10-5-4-9(14)6-11(10)15/h4-6,8,14-15H,7H2,1-3H3. The van der Waals surface area contributed by atoms with E-state index in [0.29, 0.717) is 0 Å². The molecule has 0 aliphatic rings. The Kier molecular flexibility index (Phi) is 3.90. The van der Waals surface area contributed by atoms with Gasteiger partial charge in [0.15, 0.2) is 5.78 Å². The van der Waals surface area contributed by atoms with Gasteiger partial charge in [-0.1, -0.05) is 0 Å². The molecule has 0 aliphatic heterocycles. The Morgan fingerprint density at radius 2 is 2.00 bits per heavy atom. The monoisotopic (exact) mass is 223 g/mol. The number of carbonyl (C=O) groups is 1. The lowest BCUT2D eigenvalue weighted by Gasteiger charge is -2.20. The minimum absolute atomic E-state index is 0.0498. The van der Waals surface area contributed by atoms with Crippen LogP contribution in [0.4, 0.5) is 0 Å². The van der Waals surface area contributed by atoms with Crippen LogP contribution in [0.25, 0.3) is 0 Å². The molecule has 1 aromatic carbocycles. The summed E-state index contributed by atoms with van der Waals surface area (Å²) >= 11 is 0. The molecule has 0 saturated heterocycles. The molecule has 1 rings (SSSR count). The van der Waals surface area contributed by atoms with Crippen molar-refractivity contribution in [3.8, 4) is 11.5 Å². The van der Waals surface area contributed by atoms with Gasteiger partial charge in [0.1, 0.15) is 11.5 Å². The number of hydrogen-bond donors (Lipinski definition) is 2. The fourth-order valence-electron chi connectivity index (χ4n) is 1.25. The van der Waals surface area contributed by atoms with Crippen molar-refractivity contribution in [2.75, 3.05) is 13.6 Å². The number of phenols is 2. The van der Waals surface area contributed by atoms with Gasteiger partial charge in [0.2, 0.25) is 0 Å². The fraction of sp³-hybridized carbons (Fsp3) is 0.417. The molecule has 88 valence electrons. The number of ketones is 1. The van der Waals surface area contributed by atoms with Gasteiger partial charge < -0.3 is 10.2 Å². The summed E-state index contributed by atoms with van der Waals surface area (Å²) in [6.07, 6.45) is 0. The van der Waals surface area contributed by atoms with Gasteiger partial charge in [-0.3, -0.25) is 9.69 Å². The van der Waals surface area contributed by atoms with Crippen molar-refractivity contribution in [2.24, 2.45) is 0 Å². The maximum Gasteiger partial charge on any atom is 0.180 e. The maximum atomic E-state index is 11.8. The van der Waals surface area contributed by atoms with Crippen LogP contribution in [0.1, 0.15) is 24.2 Å². The molecule has 0 radical (unpaired) electrons. The zero-order valence-corrected chi connectivity index (χ0v) is 9.77. The Hall–Kier alpha value is -1.55. The summed E-state index contributed by atoms with van der Waals surface area (Å²) in [5.41, 5.74) is 0.241. The predicted molar refractivity (Wildman–Crippen MR) is 61.9 cm³/mol. The Bertz CT molecular complexity index is 388. The third-order valence-corrected chi connectivity index (χ3v) is 2.56. The number of aromatic hydroxyl groups is 2. The first-order valence-electron chi connectivity index (χ1n) is 5.17. The Balaban J connectivity index is 2.81. The number of benzene rings is 1. The van der Waals surface area contributed by atoms with E-state index in [-0.39, 0.29) is 35.4 Å². The molecular weight excluding hydrogens is 206 g/mol.